The van der Waals surface area contributed by atoms with Gasteiger partial charge in [-0.3, -0.25) is 9.36 Å². The van der Waals surface area contributed by atoms with Gasteiger partial charge in [-0.2, -0.15) is 13.2 Å². The number of carbonyl (C=O) groups is 1. The molecule has 5 nitrogen and oxygen atoms in total. The highest BCUT2D eigenvalue weighted by Gasteiger charge is 2.33. The Labute approximate surface area is 187 Å². The molecule has 2 aromatic heterocycles. The number of alkyl halides is 3. The summed E-state index contributed by atoms with van der Waals surface area (Å²) in [6.07, 6.45) is -2.48. The molecule has 0 atom stereocenters. The number of thioether (sulfide) groups is 1. The van der Waals surface area contributed by atoms with Crippen molar-refractivity contribution >= 4 is 34.7 Å². The van der Waals surface area contributed by atoms with Gasteiger partial charge in [-0.25, -0.2) is 0 Å². The molecule has 0 radical (unpaired) electrons. The molecule has 3 rings (SSSR count). The summed E-state index contributed by atoms with van der Waals surface area (Å²) in [6.45, 7) is 6.12. The zero-order chi connectivity index (χ0) is 22.6. The number of para-hydroxylation sites is 1. The van der Waals surface area contributed by atoms with Gasteiger partial charge in [0.15, 0.2) is 11.0 Å². The SMILES string of the molecule is CCCc1cc(-c2nnc(SCC(=O)Nc3ccccc3C(F)(F)F)n2C(C)C)cs1. The quantitative estimate of drug-likeness (QED) is 0.395. The van der Waals surface area contributed by atoms with Crippen LogP contribution in [-0.2, 0) is 17.4 Å². The van der Waals surface area contributed by atoms with Crippen LogP contribution >= 0.6 is 23.1 Å². The van der Waals surface area contributed by atoms with Crippen LogP contribution in [0.3, 0.4) is 0 Å². The van der Waals surface area contributed by atoms with E-state index in [0.717, 1.165) is 42.1 Å². The topological polar surface area (TPSA) is 59.8 Å². The Kier molecular flexibility index (Phi) is 7.42. The van der Waals surface area contributed by atoms with Crippen LogP contribution in [0, 0.1) is 0 Å². The van der Waals surface area contributed by atoms with Crippen molar-refractivity contribution in [1.29, 1.82) is 0 Å². The molecule has 1 amide bonds. The number of aromatic nitrogens is 3. The lowest BCUT2D eigenvalue weighted by Crippen LogP contribution is -2.18. The number of aryl methyl sites for hydroxylation is 1. The Morgan fingerprint density at radius 3 is 2.68 bits per heavy atom. The molecule has 0 aliphatic carbocycles. The van der Waals surface area contributed by atoms with E-state index in [-0.39, 0.29) is 17.5 Å². The molecule has 1 N–H and O–H groups in total. The number of thiophene rings is 1. The van der Waals surface area contributed by atoms with E-state index in [1.165, 1.54) is 23.1 Å². The molecule has 3 aromatic rings. The average molecular weight is 469 g/mol. The zero-order valence-corrected chi connectivity index (χ0v) is 19.0. The number of hydrogen-bond donors (Lipinski definition) is 1. The predicted molar refractivity (Wildman–Crippen MR) is 119 cm³/mol. The summed E-state index contributed by atoms with van der Waals surface area (Å²) in [6, 6.07) is 7.08. The first-order valence-electron chi connectivity index (χ1n) is 9.82. The number of anilines is 1. The van der Waals surface area contributed by atoms with Gasteiger partial charge in [0.05, 0.1) is 17.0 Å². The highest BCUT2D eigenvalue weighted by Crippen LogP contribution is 2.35. The van der Waals surface area contributed by atoms with Crippen molar-refractivity contribution in [3.05, 3.63) is 46.2 Å². The van der Waals surface area contributed by atoms with Gasteiger partial charge in [-0.15, -0.1) is 21.5 Å². The van der Waals surface area contributed by atoms with Crippen LogP contribution in [0.25, 0.3) is 11.4 Å². The number of benzene rings is 1. The third kappa shape index (κ3) is 5.68. The summed E-state index contributed by atoms with van der Waals surface area (Å²) in [7, 11) is 0. The number of nitrogens with zero attached hydrogens (tertiary/aromatic N) is 3. The lowest BCUT2D eigenvalue weighted by molar-refractivity contribution is -0.137. The molecule has 0 fully saturated rings. The molecule has 0 aliphatic heterocycles. The highest BCUT2D eigenvalue weighted by molar-refractivity contribution is 7.99. The van der Waals surface area contributed by atoms with E-state index in [1.807, 2.05) is 23.8 Å². The Bertz CT molecular complexity index is 1040. The lowest BCUT2D eigenvalue weighted by Gasteiger charge is -2.14. The molecule has 31 heavy (non-hydrogen) atoms. The van der Waals surface area contributed by atoms with Gasteiger partial charge < -0.3 is 5.32 Å². The molecule has 2 heterocycles. The van der Waals surface area contributed by atoms with Gasteiger partial charge in [0.25, 0.3) is 0 Å². The van der Waals surface area contributed by atoms with E-state index in [0.29, 0.717) is 5.16 Å². The highest BCUT2D eigenvalue weighted by atomic mass is 32.2. The Morgan fingerprint density at radius 1 is 1.26 bits per heavy atom. The van der Waals surface area contributed by atoms with Crippen LogP contribution in [0.15, 0.2) is 40.9 Å². The molecular formula is C21H23F3N4OS2. The zero-order valence-electron chi connectivity index (χ0n) is 17.4. The van der Waals surface area contributed by atoms with Crippen molar-refractivity contribution in [2.75, 3.05) is 11.1 Å². The maximum atomic E-state index is 13.1. The minimum atomic E-state index is -4.54. The number of hydrogen-bond acceptors (Lipinski definition) is 5. The number of amides is 1. The normalized spacial score (nSPS) is 11.8. The standard InChI is InChI=1S/C21H23F3N4OS2/c1-4-7-15-10-14(11-30-15)19-26-27-20(28(19)13(2)3)31-12-18(29)25-17-9-6-5-8-16(17)21(22,23)24/h5-6,8-11,13H,4,7,12H2,1-3H3,(H,25,29). The first-order valence-corrected chi connectivity index (χ1v) is 11.7. The molecule has 1 aromatic carbocycles. The monoisotopic (exact) mass is 468 g/mol. The summed E-state index contributed by atoms with van der Waals surface area (Å²) in [5.74, 6) is 0.100. The molecule has 166 valence electrons. The second kappa shape index (κ2) is 9.86. The van der Waals surface area contributed by atoms with Crippen molar-refractivity contribution in [3.63, 3.8) is 0 Å². The van der Waals surface area contributed by atoms with Crippen LogP contribution in [0.1, 0.15) is 43.7 Å². The van der Waals surface area contributed by atoms with E-state index in [1.54, 1.807) is 11.3 Å². The van der Waals surface area contributed by atoms with Crippen molar-refractivity contribution in [3.8, 4) is 11.4 Å². The third-order valence-electron chi connectivity index (χ3n) is 4.43. The Balaban J connectivity index is 1.74. The summed E-state index contributed by atoms with van der Waals surface area (Å²) in [4.78, 5) is 13.6. The number of carbonyl (C=O) groups excluding carboxylic acids is 1. The van der Waals surface area contributed by atoms with Gasteiger partial charge >= 0.3 is 6.18 Å². The second-order valence-electron chi connectivity index (χ2n) is 7.20. The van der Waals surface area contributed by atoms with E-state index in [4.69, 9.17) is 0 Å². The second-order valence-corrected chi connectivity index (χ2v) is 9.14. The maximum Gasteiger partial charge on any atom is 0.418 e. The molecular weight excluding hydrogens is 445 g/mol. The van der Waals surface area contributed by atoms with Gasteiger partial charge in [0.2, 0.25) is 5.91 Å². The summed E-state index contributed by atoms with van der Waals surface area (Å²) < 4.78 is 41.3. The molecule has 0 bridgehead atoms. The van der Waals surface area contributed by atoms with Gasteiger partial charge in [-0.1, -0.05) is 37.2 Å². The van der Waals surface area contributed by atoms with Crippen LogP contribution in [0.2, 0.25) is 0 Å². The first kappa shape index (κ1) is 23.3. The molecule has 0 saturated heterocycles. The summed E-state index contributed by atoms with van der Waals surface area (Å²) >= 11 is 2.83. The third-order valence-corrected chi connectivity index (χ3v) is 6.37. The van der Waals surface area contributed by atoms with Gasteiger partial charge in [0, 0.05) is 21.9 Å². The van der Waals surface area contributed by atoms with E-state index in [2.05, 4.69) is 28.5 Å². The van der Waals surface area contributed by atoms with Gasteiger partial charge in [0.1, 0.15) is 0 Å². The van der Waals surface area contributed by atoms with Crippen LogP contribution in [0.5, 0.6) is 0 Å². The molecule has 10 heteroatoms. The van der Waals surface area contributed by atoms with Crippen molar-refractivity contribution in [2.24, 2.45) is 0 Å². The van der Waals surface area contributed by atoms with E-state index < -0.39 is 17.6 Å². The van der Waals surface area contributed by atoms with Crippen molar-refractivity contribution in [1.82, 2.24) is 14.8 Å². The Hall–Kier alpha value is -2.33. The Morgan fingerprint density at radius 2 is 2.00 bits per heavy atom. The van der Waals surface area contributed by atoms with Gasteiger partial charge in [-0.05, 0) is 38.5 Å². The summed E-state index contributed by atoms with van der Waals surface area (Å²) in [5, 5.41) is 13.5. The number of halogens is 3. The van der Waals surface area contributed by atoms with Crippen LogP contribution < -0.4 is 5.32 Å². The fourth-order valence-electron chi connectivity index (χ4n) is 3.07. The largest absolute Gasteiger partial charge is 0.418 e. The number of nitrogens with one attached hydrogen (secondary N) is 1. The van der Waals surface area contributed by atoms with Crippen molar-refractivity contribution < 1.29 is 18.0 Å². The predicted octanol–water partition coefficient (Wildman–Crippen LogP) is 6.29. The summed E-state index contributed by atoms with van der Waals surface area (Å²) in [5.41, 5.74) is -0.153. The van der Waals surface area contributed by atoms with Crippen LogP contribution in [0.4, 0.5) is 18.9 Å². The minimum absolute atomic E-state index is 0.0519. The van der Waals surface area contributed by atoms with Crippen molar-refractivity contribution in [2.45, 2.75) is 51.0 Å². The van der Waals surface area contributed by atoms with Crippen LogP contribution in [-0.4, -0.2) is 26.4 Å². The molecule has 0 unspecified atom stereocenters. The lowest BCUT2D eigenvalue weighted by atomic mass is 10.1. The fraction of sp³-hybridized carbons (Fsp3) is 0.381. The first-order chi connectivity index (χ1) is 14.7. The maximum absolute atomic E-state index is 13.1. The molecule has 0 spiro atoms. The van der Waals surface area contributed by atoms with E-state index >= 15 is 0 Å². The fourth-order valence-corrected chi connectivity index (χ4v) is 4.90. The minimum Gasteiger partial charge on any atom is -0.325 e. The molecule has 0 aliphatic rings. The smallest absolute Gasteiger partial charge is 0.325 e. The van der Waals surface area contributed by atoms with E-state index in [9.17, 15) is 18.0 Å². The average Bonchev–Trinajstić information content (AvgIpc) is 3.33. The number of rotatable bonds is 8. The molecule has 0 saturated carbocycles.